The summed E-state index contributed by atoms with van der Waals surface area (Å²) in [5, 5.41) is 4.17. The molecular weight excluding hydrogens is 192 g/mol. The third kappa shape index (κ3) is 1.33. The molecule has 0 aliphatic carbocycles. The lowest BCUT2D eigenvalue weighted by molar-refractivity contribution is 0.749. The first-order chi connectivity index (χ1) is 7.34. The number of anilines is 1. The van der Waals surface area contributed by atoms with E-state index in [-0.39, 0.29) is 6.04 Å². The molecule has 0 spiro atoms. The van der Waals surface area contributed by atoms with Crippen LogP contribution < -0.4 is 10.6 Å². The van der Waals surface area contributed by atoms with E-state index in [1.165, 1.54) is 6.33 Å². The molecule has 1 aliphatic rings. The molecule has 2 aromatic rings. The van der Waals surface area contributed by atoms with Crippen molar-refractivity contribution in [2.75, 3.05) is 18.0 Å². The molecule has 3 heterocycles. The van der Waals surface area contributed by atoms with Crippen LogP contribution in [0.1, 0.15) is 6.42 Å². The van der Waals surface area contributed by atoms with E-state index in [1.54, 1.807) is 16.9 Å². The van der Waals surface area contributed by atoms with Gasteiger partial charge in [-0.3, -0.25) is 4.98 Å². The molecule has 2 N–H and O–H groups in total. The second-order valence-corrected chi connectivity index (χ2v) is 3.79. The molecule has 1 atom stereocenters. The van der Waals surface area contributed by atoms with E-state index in [0.29, 0.717) is 0 Å². The first-order valence-corrected chi connectivity index (χ1v) is 4.99. The molecular formula is C9H12N6. The van der Waals surface area contributed by atoms with Crippen molar-refractivity contribution >= 4 is 11.5 Å². The molecule has 1 aliphatic heterocycles. The van der Waals surface area contributed by atoms with Gasteiger partial charge in [0, 0.05) is 19.1 Å². The highest BCUT2D eigenvalue weighted by molar-refractivity contribution is 5.47. The molecule has 2 aromatic heterocycles. The van der Waals surface area contributed by atoms with Crippen LogP contribution in [0.4, 0.5) is 5.82 Å². The molecule has 0 radical (unpaired) electrons. The van der Waals surface area contributed by atoms with Gasteiger partial charge in [0.05, 0.1) is 12.4 Å². The molecule has 1 unspecified atom stereocenters. The number of rotatable bonds is 1. The Kier molecular flexibility index (Phi) is 1.81. The second kappa shape index (κ2) is 3.16. The SMILES string of the molecule is NC1CCN(c2cncc3ncnn23)C1. The number of nitrogens with two attached hydrogens (primary N) is 1. The van der Waals surface area contributed by atoms with Crippen LogP contribution >= 0.6 is 0 Å². The molecule has 1 fully saturated rings. The van der Waals surface area contributed by atoms with Crippen LogP contribution in [-0.2, 0) is 0 Å². The van der Waals surface area contributed by atoms with Gasteiger partial charge in [0.25, 0.3) is 0 Å². The van der Waals surface area contributed by atoms with Gasteiger partial charge in [-0.2, -0.15) is 9.61 Å². The summed E-state index contributed by atoms with van der Waals surface area (Å²) >= 11 is 0. The fourth-order valence-corrected chi connectivity index (χ4v) is 1.95. The molecule has 6 nitrogen and oxygen atoms in total. The molecule has 0 saturated carbocycles. The minimum Gasteiger partial charge on any atom is -0.354 e. The Hall–Kier alpha value is -1.69. The molecule has 1 saturated heterocycles. The average molecular weight is 204 g/mol. The molecule has 3 rings (SSSR count). The van der Waals surface area contributed by atoms with E-state index in [4.69, 9.17) is 5.73 Å². The standard InChI is InChI=1S/C9H12N6/c10-7-1-2-14(5-7)9-4-11-3-8-12-6-13-15(8)9/h3-4,6-7H,1-2,5,10H2. The van der Waals surface area contributed by atoms with Gasteiger partial charge in [0.1, 0.15) is 6.33 Å². The third-order valence-corrected chi connectivity index (χ3v) is 2.72. The summed E-state index contributed by atoms with van der Waals surface area (Å²) < 4.78 is 1.80. The minimum atomic E-state index is 0.253. The minimum absolute atomic E-state index is 0.253. The van der Waals surface area contributed by atoms with E-state index in [2.05, 4.69) is 20.0 Å². The van der Waals surface area contributed by atoms with Crippen LogP contribution in [-0.4, -0.2) is 38.7 Å². The molecule has 0 bridgehead atoms. The van der Waals surface area contributed by atoms with E-state index in [1.807, 2.05) is 0 Å². The monoisotopic (exact) mass is 204 g/mol. The van der Waals surface area contributed by atoms with Crippen LogP contribution in [0.2, 0.25) is 0 Å². The molecule has 0 aromatic carbocycles. The van der Waals surface area contributed by atoms with E-state index >= 15 is 0 Å². The Morgan fingerprint density at radius 3 is 3.13 bits per heavy atom. The summed E-state index contributed by atoms with van der Waals surface area (Å²) in [7, 11) is 0. The predicted molar refractivity (Wildman–Crippen MR) is 55.6 cm³/mol. The van der Waals surface area contributed by atoms with Crippen molar-refractivity contribution in [1.82, 2.24) is 19.6 Å². The lowest BCUT2D eigenvalue weighted by Gasteiger charge is -2.17. The van der Waals surface area contributed by atoms with Crippen LogP contribution in [0.3, 0.4) is 0 Å². The lowest BCUT2D eigenvalue weighted by Crippen LogP contribution is -2.27. The summed E-state index contributed by atoms with van der Waals surface area (Å²) in [6.07, 6.45) is 6.06. The van der Waals surface area contributed by atoms with E-state index < -0.39 is 0 Å². The Bertz CT molecular complexity index is 478. The fraction of sp³-hybridized carbons (Fsp3) is 0.444. The van der Waals surface area contributed by atoms with Gasteiger partial charge >= 0.3 is 0 Å². The van der Waals surface area contributed by atoms with Gasteiger partial charge in [-0.15, -0.1) is 0 Å². The van der Waals surface area contributed by atoms with Gasteiger partial charge in [0.2, 0.25) is 0 Å². The van der Waals surface area contributed by atoms with Crippen LogP contribution in [0.5, 0.6) is 0 Å². The van der Waals surface area contributed by atoms with Crippen molar-refractivity contribution in [2.45, 2.75) is 12.5 Å². The Morgan fingerprint density at radius 2 is 2.33 bits per heavy atom. The van der Waals surface area contributed by atoms with Gasteiger partial charge in [-0.25, -0.2) is 4.98 Å². The molecule has 0 amide bonds. The number of fused-ring (bicyclic) bond motifs is 1. The van der Waals surface area contributed by atoms with Crippen molar-refractivity contribution in [3.63, 3.8) is 0 Å². The van der Waals surface area contributed by atoms with E-state index in [9.17, 15) is 0 Å². The van der Waals surface area contributed by atoms with Crippen LogP contribution in [0, 0.1) is 0 Å². The van der Waals surface area contributed by atoms with Crippen molar-refractivity contribution in [1.29, 1.82) is 0 Å². The Balaban J connectivity index is 2.06. The molecule has 6 heteroatoms. The molecule has 15 heavy (non-hydrogen) atoms. The van der Waals surface area contributed by atoms with Crippen LogP contribution in [0.25, 0.3) is 5.65 Å². The van der Waals surface area contributed by atoms with Crippen molar-refractivity contribution in [3.8, 4) is 0 Å². The van der Waals surface area contributed by atoms with Crippen molar-refractivity contribution in [2.24, 2.45) is 5.73 Å². The summed E-state index contributed by atoms with van der Waals surface area (Å²) in [5.74, 6) is 0.970. The average Bonchev–Trinajstić information content (AvgIpc) is 2.84. The summed E-state index contributed by atoms with van der Waals surface area (Å²) in [5.41, 5.74) is 6.65. The third-order valence-electron chi connectivity index (χ3n) is 2.72. The van der Waals surface area contributed by atoms with Gasteiger partial charge in [-0.1, -0.05) is 0 Å². The highest BCUT2D eigenvalue weighted by atomic mass is 15.4. The summed E-state index contributed by atoms with van der Waals surface area (Å²) in [4.78, 5) is 10.4. The lowest BCUT2D eigenvalue weighted by atomic mass is 10.3. The van der Waals surface area contributed by atoms with Crippen molar-refractivity contribution in [3.05, 3.63) is 18.7 Å². The summed E-state index contributed by atoms with van der Waals surface area (Å²) in [6.45, 7) is 1.82. The number of aromatic nitrogens is 4. The fourth-order valence-electron chi connectivity index (χ4n) is 1.95. The van der Waals surface area contributed by atoms with Gasteiger partial charge in [-0.05, 0) is 6.42 Å². The number of nitrogens with zero attached hydrogens (tertiary/aromatic N) is 5. The quantitative estimate of drug-likeness (QED) is 0.688. The highest BCUT2D eigenvalue weighted by Gasteiger charge is 2.21. The zero-order valence-corrected chi connectivity index (χ0v) is 8.24. The number of hydrogen-bond donors (Lipinski definition) is 1. The maximum atomic E-state index is 5.87. The largest absolute Gasteiger partial charge is 0.354 e. The van der Waals surface area contributed by atoms with E-state index in [0.717, 1.165) is 31.0 Å². The smallest absolute Gasteiger partial charge is 0.175 e. The Labute approximate surface area is 86.7 Å². The topological polar surface area (TPSA) is 72.3 Å². The molecule has 78 valence electrons. The summed E-state index contributed by atoms with van der Waals surface area (Å²) in [6, 6.07) is 0.253. The first-order valence-electron chi connectivity index (χ1n) is 4.99. The zero-order valence-electron chi connectivity index (χ0n) is 8.24. The highest BCUT2D eigenvalue weighted by Crippen LogP contribution is 2.18. The normalized spacial score (nSPS) is 21.4. The maximum absolute atomic E-state index is 5.87. The maximum Gasteiger partial charge on any atom is 0.175 e. The number of hydrogen-bond acceptors (Lipinski definition) is 5. The van der Waals surface area contributed by atoms with Crippen molar-refractivity contribution < 1.29 is 0 Å². The van der Waals surface area contributed by atoms with Crippen LogP contribution in [0.15, 0.2) is 18.7 Å². The Morgan fingerprint density at radius 1 is 1.40 bits per heavy atom. The predicted octanol–water partition coefficient (Wildman–Crippen LogP) is -0.338. The zero-order chi connectivity index (χ0) is 10.3. The second-order valence-electron chi connectivity index (χ2n) is 3.79. The van der Waals surface area contributed by atoms with Gasteiger partial charge < -0.3 is 10.6 Å². The van der Waals surface area contributed by atoms with Gasteiger partial charge in [0.15, 0.2) is 11.5 Å². The first kappa shape index (κ1) is 8.60.